The Hall–Kier alpha value is -2.14. The molecular formula is C19H24N4O. The Morgan fingerprint density at radius 2 is 2.17 bits per heavy atom. The molecule has 5 nitrogen and oxygen atoms in total. The number of nitrogens with zero attached hydrogens (tertiary/aromatic N) is 2. The minimum Gasteiger partial charge on any atom is -0.316 e. The van der Waals surface area contributed by atoms with Crippen LogP contribution in [0.5, 0.6) is 0 Å². The molecule has 24 heavy (non-hydrogen) atoms. The van der Waals surface area contributed by atoms with Gasteiger partial charge in [-0.25, -0.2) is 4.68 Å². The van der Waals surface area contributed by atoms with Gasteiger partial charge in [-0.3, -0.25) is 4.79 Å². The molecule has 1 saturated heterocycles. The standard InChI is InChI=1S/C19H24N4O/c1-13(15-11-20-12-15)19(24)22-18-9-10-21-23(18)17-8-4-6-14-5-2-3-7-16(14)17/h2-3,5,7,9-10,13,15,17,20H,4,6,8,11-12H2,1H3,(H,22,24). The van der Waals surface area contributed by atoms with Gasteiger partial charge in [0, 0.05) is 12.0 Å². The van der Waals surface area contributed by atoms with Crippen molar-refractivity contribution in [2.45, 2.75) is 32.2 Å². The minimum atomic E-state index is 0.0215. The summed E-state index contributed by atoms with van der Waals surface area (Å²) in [5.74, 6) is 1.36. The molecule has 2 N–H and O–H groups in total. The first-order valence-corrected chi connectivity index (χ1v) is 8.87. The molecule has 126 valence electrons. The van der Waals surface area contributed by atoms with Crippen molar-refractivity contribution in [3.63, 3.8) is 0 Å². The molecule has 1 aliphatic heterocycles. The van der Waals surface area contributed by atoms with E-state index in [0.717, 1.165) is 38.2 Å². The number of carbonyl (C=O) groups is 1. The molecule has 1 amide bonds. The molecule has 5 heteroatoms. The van der Waals surface area contributed by atoms with E-state index in [-0.39, 0.29) is 17.9 Å². The third-order valence-corrected chi connectivity index (χ3v) is 5.49. The zero-order valence-corrected chi connectivity index (χ0v) is 14.0. The Bertz CT molecular complexity index is 734. The molecule has 0 saturated carbocycles. The van der Waals surface area contributed by atoms with Crippen LogP contribution >= 0.6 is 0 Å². The average molecular weight is 324 g/mol. The quantitative estimate of drug-likeness (QED) is 0.909. The molecule has 2 unspecified atom stereocenters. The third-order valence-electron chi connectivity index (χ3n) is 5.49. The van der Waals surface area contributed by atoms with Crippen molar-refractivity contribution in [2.24, 2.45) is 11.8 Å². The van der Waals surface area contributed by atoms with Crippen molar-refractivity contribution in [3.8, 4) is 0 Å². The summed E-state index contributed by atoms with van der Waals surface area (Å²) in [6, 6.07) is 10.7. The Morgan fingerprint density at radius 3 is 2.96 bits per heavy atom. The van der Waals surface area contributed by atoms with E-state index in [1.54, 1.807) is 6.20 Å². The maximum atomic E-state index is 12.5. The summed E-state index contributed by atoms with van der Waals surface area (Å²) >= 11 is 0. The van der Waals surface area contributed by atoms with Crippen molar-refractivity contribution in [2.75, 3.05) is 18.4 Å². The molecule has 0 spiro atoms. The van der Waals surface area contributed by atoms with E-state index in [4.69, 9.17) is 0 Å². The molecule has 0 radical (unpaired) electrons. The fraction of sp³-hybridized carbons (Fsp3) is 0.474. The molecule has 2 aromatic rings. The van der Waals surface area contributed by atoms with E-state index in [1.807, 2.05) is 17.7 Å². The number of hydrogen-bond acceptors (Lipinski definition) is 3. The van der Waals surface area contributed by atoms with E-state index in [0.29, 0.717) is 5.92 Å². The van der Waals surface area contributed by atoms with Crippen LogP contribution in [-0.4, -0.2) is 28.8 Å². The molecule has 1 fully saturated rings. The van der Waals surface area contributed by atoms with Crippen LogP contribution in [0.4, 0.5) is 5.82 Å². The van der Waals surface area contributed by atoms with Gasteiger partial charge in [0.05, 0.1) is 12.2 Å². The lowest BCUT2D eigenvalue weighted by Gasteiger charge is -2.32. The molecule has 2 aliphatic rings. The Kier molecular flexibility index (Phi) is 4.10. The van der Waals surface area contributed by atoms with Gasteiger partial charge in [0.15, 0.2) is 0 Å². The van der Waals surface area contributed by atoms with Crippen molar-refractivity contribution in [3.05, 3.63) is 47.7 Å². The molecular weight excluding hydrogens is 300 g/mol. The summed E-state index contributed by atoms with van der Waals surface area (Å²) in [6.07, 6.45) is 5.12. The number of nitrogens with one attached hydrogen (secondary N) is 2. The van der Waals surface area contributed by atoms with Gasteiger partial charge < -0.3 is 10.6 Å². The lowest BCUT2D eigenvalue weighted by Crippen LogP contribution is -2.48. The number of benzene rings is 1. The molecule has 1 aromatic heterocycles. The van der Waals surface area contributed by atoms with Gasteiger partial charge in [-0.2, -0.15) is 5.10 Å². The number of rotatable bonds is 4. The third kappa shape index (κ3) is 2.73. The van der Waals surface area contributed by atoms with Crippen molar-refractivity contribution in [1.82, 2.24) is 15.1 Å². The lowest BCUT2D eigenvalue weighted by atomic mass is 9.87. The number of amides is 1. The fourth-order valence-electron chi connectivity index (χ4n) is 3.76. The van der Waals surface area contributed by atoms with Crippen molar-refractivity contribution in [1.29, 1.82) is 0 Å². The van der Waals surface area contributed by atoms with Crippen LogP contribution in [0.25, 0.3) is 0 Å². The summed E-state index contributed by atoms with van der Waals surface area (Å²) in [5, 5.41) is 10.9. The second kappa shape index (κ2) is 6.40. The second-order valence-corrected chi connectivity index (χ2v) is 6.96. The van der Waals surface area contributed by atoms with E-state index in [2.05, 4.69) is 40.0 Å². The SMILES string of the molecule is CC(C(=O)Nc1ccnn1C1CCCc2ccccc21)C1CNC1. The summed E-state index contributed by atoms with van der Waals surface area (Å²) in [6.45, 7) is 3.88. The van der Waals surface area contributed by atoms with Crippen molar-refractivity contribution < 1.29 is 4.79 Å². The average Bonchev–Trinajstić information content (AvgIpc) is 3.00. The van der Waals surface area contributed by atoms with Gasteiger partial charge in [-0.05, 0) is 49.4 Å². The Labute approximate surface area is 142 Å². The molecule has 0 bridgehead atoms. The summed E-state index contributed by atoms with van der Waals surface area (Å²) < 4.78 is 1.99. The lowest BCUT2D eigenvalue weighted by molar-refractivity contribution is -0.121. The summed E-state index contributed by atoms with van der Waals surface area (Å²) in [4.78, 5) is 12.5. The number of hydrogen-bond donors (Lipinski definition) is 2. The van der Waals surface area contributed by atoms with Gasteiger partial charge in [-0.1, -0.05) is 31.2 Å². The zero-order valence-electron chi connectivity index (χ0n) is 14.0. The highest BCUT2D eigenvalue weighted by Crippen LogP contribution is 2.34. The summed E-state index contributed by atoms with van der Waals surface area (Å²) in [5.41, 5.74) is 2.73. The minimum absolute atomic E-state index is 0.0215. The van der Waals surface area contributed by atoms with Gasteiger partial charge >= 0.3 is 0 Å². The predicted octanol–water partition coefficient (Wildman–Crippen LogP) is 2.60. The monoisotopic (exact) mass is 324 g/mol. The van der Waals surface area contributed by atoms with Crippen LogP contribution in [0.2, 0.25) is 0 Å². The van der Waals surface area contributed by atoms with Crippen LogP contribution in [0, 0.1) is 11.8 Å². The molecule has 4 rings (SSSR count). The number of fused-ring (bicyclic) bond motifs is 1. The molecule has 1 aromatic carbocycles. The number of carbonyl (C=O) groups excluding carboxylic acids is 1. The normalized spacial score (nSPS) is 21.6. The van der Waals surface area contributed by atoms with Crippen LogP contribution in [-0.2, 0) is 11.2 Å². The first-order valence-electron chi connectivity index (χ1n) is 8.87. The van der Waals surface area contributed by atoms with Crippen LogP contribution in [0.1, 0.15) is 36.9 Å². The molecule has 2 heterocycles. The van der Waals surface area contributed by atoms with Crippen LogP contribution < -0.4 is 10.6 Å². The Morgan fingerprint density at radius 1 is 1.33 bits per heavy atom. The molecule has 2 atom stereocenters. The van der Waals surface area contributed by atoms with Gasteiger partial charge in [0.25, 0.3) is 0 Å². The fourth-order valence-corrected chi connectivity index (χ4v) is 3.76. The smallest absolute Gasteiger partial charge is 0.228 e. The first kappa shape index (κ1) is 15.4. The topological polar surface area (TPSA) is 59.0 Å². The summed E-state index contributed by atoms with van der Waals surface area (Å²) in [7, 11) is 0. The number of aryl methyl sites for hydroxylation is 1. The zero-order chi connectivity index (χ0) is 16.5. The van der Waals surface area contributed by atoms with E-state index in [9.17, 15) is 4.79 Å². The second-order valence-electron chi connectivity index (χ2n) is 6.96. The first-order chi connectivity index (χ1) is 11.7. The van der Waals surface area contributed by atoms with E-state index >= 15 is 0 Å². The van der Waals surface area contributed by atoms with Gasteiger partial charge in [-0.15, -0.1) is 0 Å². The maximum absolute atomic E-state index is 12.5. The predicted molar refractivity (Wildman–Crippen MR) is 93.9 cm³/mol. The van der Waals surface area contributed by atoms with Crippen molar-refractivity contribution >= 4 is 11.7 Å². The van der Waals surface area contributed by atoms with Gasteiger partial charge in [0.2, 0.25) is 5.91 Å². The van der Waals surface area contributed by atoms with E-state index < -0.39 is 0 Å². The highest BCUT2D eigenvalue weighted by Gasteiger charge is 2.30. The highest BCUT2D eigenvalue weighted by atomic mass is 16.2. The number of anilines is 1. The van der Waals surface area contributed by atoms with Gasteiger partial charge in [0.1, 0.15) is 5.82 Å². The Balaban J connectivity index is 1.56. The van der Waals surface area contributed by atoms with Crippen LogP contribution in [0.3, 0.4) is 0 Å². The number of aromatic nitrogens is 2. The largest absolute Gasteiger partial charge is 0.316 e. The van der Waals surface area contributed by atoms with Crippen LogP contribution in [0.15, 0.2) is 36.5 Å². The van der Waals surface area contributed by atoms with E-state index in [1.165, 1.54) is 11.1 Å². The maximum Gasteiger partial charge on any atom is 0.228 e. The highest BCUT2D eigenvalue weighted by molar-refractivity contribution is 5.91. The molecule has 1 aliphatic carbocycles.